The zero-order valence-corrected chi connectivity index (χ0v) is 18.0. The molecule has 0 bridgehead atoms. The monoisotopic (exact) mass is 382 g/mol. The number of hydrogen-bond acceptors (Lipinski definition) is 3. The minimum absolute atomic E-state index is 0.0893. The second-order valence-electron chi connectivity index (χ2n) is 8.07. The van der Waals surface area contributed by atoms with Crippen molar-refractivity contribution in [1.29, 1.82) is 0 Å². The van der Waals surface area contributed by atoms with Crippen molar-refractivity contribution in [3.05, 3.63) is 60.7 Å². The van der Waals surface area contributed by atoms with E-state index in [-0.39, 0.29) is 16.6 Å². The predicted molar refractivity (Wildman–Crippen MR) is 113 cm³/mol. The van der Waals surface area contributed by atoms with E-state index < -0.39 is 14.2 Å². The van der Waals surface area contributed by atoms with Crippen LogP contribution in [-0.4, -0.2) is 26.5 Å². The van der Waals surface area contributed by atoms with Crippen LogP contribution in [0.4, 0.5) is 0 Å². The normalized spacial score (nSPS) is 12.2. The lowest BCUT2D eigenvalue weighted by molar-refractivity contribution is -0.130. The third-order valence-corrected chi connectivity index (χ3v) is 10.2. The third-order valence-electron chi connectivity index (χ3n) is 5.12. The highest BCUT2D eigenvalue weighted by Gasteiger charge is 2.50. The van der Waals surface area contributed by atoms with E-state index in [0.29, 0.717) is 13.0 Å². The van der Waals surface area contributed by atoms with Crippen LogP contribution < -0.4 is 10.4 Å². The second kappa shape index (κ2) is 8.76. The molecule has 0 aliphatic rings. The van der Waals surface area contributed by atoms with Crippen molar-refractivity contribution >= 4 is 30.3 Å². The average molecular weight is 383 g/mol. The minimum atomic E-state index is -2.61. The van der Waals surface area contributed by atoms with Crippen molar-refractivity contribution in [2.75, 3.05) is 6.61 Å². The van der Waals surface area contributed by atoms with Gasteiger partial charge in [-0.3, -0.25) is 9.59 Å². The highest BCUT2D eigenvalue weighted by Crippen LogP contribution is 2.36. The lowest BCUT2D eigenvalue weighted by Crippen LogP contribution is -2.66. The molecular formula is C23H30O3Si. The fourth-order valence-corrected chi connectivity index (χ4v) is 8.36. The summed E-state index contributed by atoms with van der Waals surface area (Å²) < 4.78 is 6.73. The molecule has 2 aromatic rings. The zero-order valence-electron chi connectivity index (χ0n) is 17.0. The van der Waals surface area contributed by atoms with Crippen LogP contribution in [-0.2, 0) is 14.0 Å². The van der Waals surface area contributed by atoms with Gasteiger partial charge in [-0.2, -0.15) is 0 Å². The first-order chi connectivity index (χ1) is 12.7. The van der Waals surface area contributed by atoms with E-state index in [9.17, 15) is 9.59 Å². The first-order valence-electron chi connectivity index (χ1n) is 9.46. The van der Waals surface area contributed by atoms with Gasteiger partial charge >= 0.3 is 0 Å². The molecule has 0 unspecified atom stereocenters. The summed E-state index contributed by atoms with van der Waals surface area (Å²) >= 11 is 0. The van der Waals surface area contributed by atoms with Crippen molar-refractivity contribution in [3.63, 3.8) is 0 Å². The topological polar surface area (TPSA) is 43.4 Å². The van der Waals surface area contributed by atoms with E-state index in [4.69, 9.17) is 4.43 Å². The number of rotatable bonds is 8. The van der Waals surface area contributed by atoms with Gasteiger partial charge in [0.2, 0.25) is 0 Å². The zero-order chi connectivity index (χ0) is 20.1. The van der Waals surface area contributed by atoms with Crippen LogP contribution in [0.5, 0.6) is 0 Å². The maximum absolute atomic E-state index is 11.8. The van der Waals surface area contributed by atoms with E-state index in [0.717, 1.165) is 0 Å². The summed E-state index contributed by atoms with van der Waals surface area (Å²) in [6.45, 7) is 9.99. The van der Waals surface area contributed by atoms with E-state index in [1.165, 1.54) is 24.2 Å². The fourth-order valence-electron chi connectivity index (χ4n) is 3.78. The molecule has 0 aliphatic heterocycles. The molecule has 0 radical (unpaired) electrons. The number of benzene rings is 2. The number of carbonyl (C=O) groups is 2. The molecule has 2 aromatic carbocycles. The van der Waals surface area contributed by atoms with Crippen LogP contribution in [0.1, 0.15) is 41.0 Å². The Labute approximate surface area is 163 Å². The SMILES string of the molecule is CC(=O)C(CCO[Si](c1ccccc1)(c1ccccc1)C(C)(C)C)C(C)=O. The van der Waals surface area contributed by atoms with Gasteiger partial charge in [-0.1, -0.05) is 81.4 Å². The molecular weight excluding hydrogens is 352 g/mol. The van der Waals surface area contributed by atoms with Gasteiger partial charge in [-0.15, -0.1) is 0 Å². The Hall–Kier alpha value is -2.04. The van der Waals surface area contributed by atoms with Crippen molar-refractivity contribution in [2.24, 2.45) is 5.92 Å². The first-order valence-corrected chi connectivity index (χ1v) is 11.4. The second-order valence-corrected chi connectivity index (χ2v) is 12.4. The Balaban J connectivity index is 2.47. The van der Waals surface area contributed by atoms with E-state index in [2.05, 4.69) is 45.0 Å². The van der Waals surface area contributed by atoms with Gasteiger partial charge in [-0.25, -0.2) is 0 Å². The average Bonchev–Trinajstić information content (AvgIpc) is 2.61. The van der Waals surface area contributed by atoms with Crippen LogP contribution in [0.25, 0.3) is 0 Å². The Morgan fingerprint density at radius 2 is 1.26 bits per heavy atom. The molecule has 0 spiro atoms. The van der Waals surface area contributed by atoms with Gasteiger partial charge in [0.15, 0.2) is 0 Å². The van der Waals surface area contributed by atoms with Gasteiger partial charge in [0.25, 0.3) is 8.32 Å². The maximum Gasteiger partial charge on any atom is 0.261 e. The Morgan fingerprint density at radius 1 is 0.852 bits per heavy atom. The molecule has 3 nitrogen and oxygen atoms in total. The van der Waals surface area contributed by atoms with Crippen LogP contribution in [0.2, 0.25) is 5.04 Å². The van der Waals surface area contributed by atoms with E-state index in [1.54, 1.807) is 0 Å². The molecule has 0 amide bonds. The molecule has 4 heteroatoms. The third kappa shape index (κ3) is 4.63. The summed E-state index contributed by atoms with van der Waals surface area (Å²) in [5, 5.41) is 2.29. The minimum Gasteiger partial charge on any atom is -0.407 e. The maximum atomic E-state index is 11.8. The molecule has 0 fully saturated rings. The molecule has 144 valence electrons. The van der Waals surface area contributed by atoms with Gasteiger partial charge < -0.3 is 4.43 Å². The van der Waals surface area contributed by atoms with Gasteiger partial charge in [0.05, 0.1) is 5.92 Å². The molecule has 27 heavy (non-hydrogen) atoms. The van der Waals surface area contributed by atoms with E-state index in [1.807, 2.05) is 36.4 Å². The largest absolute Gasteiger partial charge is 0.407 e. The quantitative estimate of drug-likeness (QED) is 0.516. The highest BCUT2D eigenvalue weighted by atomic mass is 28.4. The number of Topliss-reactive ketones (excluding diaryl/α,β-unsaturated/α-hetero) is 2. The van der Waals surface area contributed by atoms with Gasteiger partial charge in [0.1, 0.15) is 11.6 Å². The summed E-state index contributed by atoms with van der Waals surface area (Å²) in [5.74, 6) is -0.759. The lowest BCUT2D eigenvalue weighted by atomic mass is 9.98. The summed E-state index contributed by atoms with van der Waals surface area (Å²) in [7, 11) is -2.61. The van der Waals surface area contributed by atoms with Gasteiger partial charge in [0, 0.05) is 6.61 Å². The number of ketones is 2. The molecule has 0 heterocycles. The smallest absolute Gasteiger partial charge is 0.261 e. The predicted octanol–water partition coefficient (Wildman–Crippen LogP) is 3.75. The number of carbonyl (C=O) groups excluding carboxylic acids is 2. The molecule has 0 saturated heterocycles. The molecule has 0 N–H and O–H groups in total. The molecule has 0 aliphatic carbocycles. The summed E-state index contributed by atoms with van der Waals surface area (Å²) in [6, 6.07) is 20.7. The first kappa shape index (κ1) is 21.3. The Morgan fingerprint density at radius 3 is 1.59 bits per heavy atom. The number of hydrogen-bond donors (Lipinski definition) is 0. The molecule has 0 atom stereocenters. The highest BCUT2D eigenvalue weighted by molar-refractivity contribution is 6.99. The van der Waals surface area contributed by atoms with Crippen molar-refractivity contribution < 1.29 is 14.0 Å². The van der Waals surface area contributed by atoms with E-state index >= 15 is 0 Å². The van der Waals surface area contributed by atoms with Crippen molar-refractivity contribution in [3.8, 4) is 0 Å². The van der Waals surface area contributed by atoms with Crippen LogP contribution in [0, 0.1) is 5.92 Å². The summed E-state index contributed by atoms with van der Waals surface area (Å²) in [4.78, 5) is 23.6. The lowest BCUT2D eigenvalue weighted by Gasteiger charge is -2.43. The standard InChI is InChI=1S/C23H30O3Si/c1-18(24)22(19(2)25)16-17-26-27(23(3,4)5,20-12-8-6-9-13-20)21-14-10-7-11-15-21/h6-15,22H,16-17H2,1-5H3. The fraction of sp³-hybridized carbons (Fsp3) is 0.391. The van der Waals surface area contributed by atoms with Gasteiger partial charge in [-0.05, 0) is 35.7 Å². The summed E-state index contributed by atoms with van der Waals surface area (Å²) in [6.07, 6.45) is 0.426. The molecule has 0 aromatic heterocycles. The molecule has 0 saturated carbocycles. The van der Waals surface area contributed by atoms with Crippen molar-refractivity contribution in [2.45, 2.75) is 46.1 Å². The molecule has 2 rings (SSSR count). The summed E-state index contributed by atoms with van der Waals surface area (Å²) in [5.41, 5.74) is 0. The Bertz CT molecular complexity index is 710. The Kier molecular flexibility index (Phi) is 6.90. The van der Waals surface area contributed by atoms with Crippen molar-refractivity contribution in [1.82, 2.24) is 0 Å². The van der Waals surface area contributed by atoms with Crippen LogP contribution in [0.3, 0.4) is 0 Å². The van der Waals surface area contributed by atoms with Crippen LogP contribution >= 0.6 is 0 Å². The van der Waals surface area contributed by atoms with Crippen LogP contribution in [0.15, 0.2) is 60.7 Å².